The first kappa shape index (κ1) is 114. The number of epoxide rings is 2. The lowest BCUT2D eigenvalue weighted by Gasteiger charge is -2.45. The molecule has 114 heavy (non-hydrogen) atoms. The lowest BCUT2D eigenvalue weighted by atomic mass is 9.62. The van der Waals surface area contributed by atoms with Crippen LogP contribution in [0.1, 0.15) is 483 Å². The van der Waals surface area contributed by atoms with Gasteiger partial charge in [-0.15, -0.1) is 0 Å². The fraction of sp³-hybridized carbons (Fsp3) is 1.00. The monoisotopic (exact) mass is 1610 g/mol. The number of piperidine rings is 1. The Balaban J connectivity index is 0.00000121. The van der Waals surface area contributed by atoms with Gasteiger partial charge in [-0.05, 0) is 308 Å². The van der Waals surface area contributed by atoms with Gasteiger partial charge in [0.25, 0.3) is 0 Å². The summed E-state index contributed by atoms with van der Waals surface area (Å²) in [5.74, 6) is 21.0. The van der Waals surface area contributed by atoms with E-state index in [0.29, 0.717) is 57.3 Å². The van der Waals surface area contributed by atoms with Gasteiger partial charge in [-0.1, -0.05) is 336 Å². The van der Waals surface area contributed by atoms with E-state index in [4.69, 9.17) is 9.47 Å². The van der Waals surface area contributed by atoms with Crippen molar-refractivity contribution in [3.05, 3.63) is 0 Å². The van der Waals surface area contributed by atoms with E-state index in [1.54, 1.807) is 0 Å². The van der Waals surface area contributed by atoms with E-state index in [1.165, 1.54) is 232 Å². The maximum Gasteiger partial charge on any atom is 0.0811 e. The fourth-order valence-electron chi connectivity index (χ4n) is 18.2. The number of rotatable bonds is 0. The minimum atomic E-state index is 0.351. The van der Waals surface area contributed by atoms with E-state index < -0.39 is 0 Å². The molecule has 5 heterocycles. The molecule has 0 aromatic rings. The summed E-state index contributed by atoms with van der Waals surface area (Å²) in [6, 6.07) is 0. The van der Waals surface area contributed by atoms with Crippen LogP contribution in [0, 0.1) is 141 Å². The normalized spacial score (nSPS) is 36.6. The summed E-state index contributed by atoms with van der Waals surface area (Å²) in [5, 5.41) is 0. The van der Waals surface area contributed by atoms with Gasteiger partial charge in [-0.2, -0.15) is 0 Å². The Labute approximate surface area is 724 Å². The SMILES string of the molecule is CC(C)(C)C1CCCN(C(C)(C)C)C1.CCC.C[C@@H]1CCC1C(C)(C)C.C[C@@H]1CCCC[C@@H]1C.C[C@@H]1CCC[C@@H]1C.C[C@@H]1CCC[C@@H]1C.C[C@@H]1CCC[C@H](C)C1.C[C@@H]1CCN(C(C)(C)C)C1.C[C@@H]1CC[C@@H]1C.C[C@@H]1CC[C@H]1C.C[C@@H]1C[C@H]1C.C[C@@H]1O[C@@H]1C.C[C@@H]1O[C@@H]1C.C[C@H]1CCCC(C(C)(C)C)C1.C[C@H]1CCN(C(C)(C)C)C1. The molecule has 25 atom stereocenters. The number of ether oxygens (including phenoxy) is 2. The van der Waals surface area contributed by atoms with Crippen molar-refractivity contribution in [3.8, 4) is 0 Å². The van der Waals surface area contributed by atoms with E-state index in [-0.39, 0.29) is 0 Å². The van der Waals surface area contributed by atoms with Gasteiger partial charge in [0.05, 0.1) is 24.4 Å². The van der Waals surface area contributed by atoms with Crippen molar-refractivity contribution in [2.75, 3.05) is 39.3 Å². The third-order valence-electron chi connectivity index (χ3n) is 31.2. The molecule has 14 aliphatic rings. The quantitative estimate of drug-likeness (QED) is 0.226. The summed E-state index contributed by atoms with van der Waals surface area (Å²) in [6.07, 6.45) is 45.8. The first-order valence-electron chi connectivity index (χ1n) is 50.9. The Bertz CT molecular complexity index is 2100. The molecule has 9 saturated carbocycles. The van der Waals surface area contributed by atoms with Gasteiger partial charge >= 0.3 is 0 Å². The first-order chi connectivity index (χ1) is 52.4. The molecule has 0 radical (unpaired) electrons. The Kier molecular flexibility index (Phi) is 56.5. The number of hydrogen-bond acceptors (Lipinski definition) is 5. The molecule has 14 fully saturated rings. The maximum absolute atomic E-state index is 4.92. The summed E-state index contributed by atoms with van der Waals surface area (Å²) < 4.78 is 9.83. The van der Waals surface area contributed by atoms with Crippen molar-refractivity contribution in [1.82, 2.24) is 14.7 Å². The molecule has 0 spiro atoms. The largest absolute Gasteiger partial charge is 0.370 e. The molecule has 5 aliphatic heterocycles. The van der Waals surface area contributed by atoms with E-state index in [2.05, 4.69) is 305 Å². The Hall–Kier alpha value is -0.200. The van der Waals surface area contributed by atoms with E-state index in [1.807, 2.05) is 0 Å². The molecule has 0 amide bonds. The highest BCUT2D eigenvalue weighted by Gasteiger charge is 2.38. The molecule has 14 rings (SSSR count). The fourth-order valence-corrected chi connectivity index (χ4v) is 18.2. The average Bonchev–Trinajstić information content (AvgIpc) is 1.79. The molecule has 0 bridgehead atoms. The highest BCUT2D eigenvalue weighted by Crippen LogP contribution is 2.46. The van der Waals surface area contributed by atoms with Crippen LogP contribution in [0.3, 0.4) is 0 Å². The molecule has 0 N–H and O–H groups in total. The molecule has 5 nitrogen and oxygen atoms in total. The van der Waals surface area contributed by atoms with Crippen LogP contribution >= 0.6 is 0 Å². The van der Waals surface area contributed by atoms with Crippen LogP contribution in [-0.4, -0.2) is 95.0 Å². The minimum Gasteiger partial charge on any atom is -0.370 e. The van der Waals surface area contributed by atoms with Crippen molar-refractivity contribution in [2.24, 2.45) is 141 Å². The molecule has 0 aromatic carbocycles. The zero-order valence-electron chi connectivity index (χ0n) is 87.0. The zero-order valence-corrected chi connectivity index (χ0v) is 87.0. The van der Waals surface area contributed by atoms with E-state index in [9.17, 15) is 0 Å². The predicted molar refractivity (Wildman–Crippen MR) is 518 cm³/mol. The third-order valence-corrected chi connectivity index (χ3v) is 31.2. The van der Waals surface area contributed by atoms with Gasteiger partial charge in [-0.3, -0.25) is 14.7 Å². The van der Waals surface area contributed by atoms with Gasteiger partial charge < -0.3 is 9.47 Å². The van der Waals surface area contributed by atoms with Crippen LogP contribution in [0.4, 0.5) is 0 Å². The zero-order chi connectivity index (χ0) is 88.0. The van der Waals surface area contributed by atoms with Gasteiger partial charge in [0.1, 0.15) is 0 Å². The topological polar surface area (TPSA) is 34.8 Å². The summed E-state index contributed by atoms with van der Waals surface area (Å²) in [4.78, 5) is 7.78. The van der Waals surface area contributed by atoms with Crippen molar-refractivity contribution < 1.29 is 9.47 Å². The van der Waals surface area contributed by atoms with Crippen LogP contribution in [-0.2, 0) is 9.47 Å². The van der Waals surface area contributed by atoms with Crippen molar-refractivity contribution in [2.45, 2.75) is 524 Å². The summed E-state index contributed by atoms with van der Waals surface area (Å²) in [5.41, 5.74) is 2.73. The van der Waals surface area contributed by atoms with Crippen molar-refractivity contribution >= 4 is 0 Å². The Morgan fingerprint density at radius 2 is 0.465 bits per heavy atom. The number of nitrogens with zero attached hydrogens (tertiary/aromatic N) is 3. The molecule has 9 aliphatic carbocycles. The number of hydrogen-bond donors (Lipinski definition) is 0. The molecule has 0 aromatic heterocycles. The predicted octanol–water partition coefficient (Wildman–Crippen LogP) is 34.1. The molecule has 5 heteroatoms. The molecular weight excluding hydrogens is 1380 g/mol. The second-order valence-electron chi connectivity index (χ2n) is 49.1. The summed E-state index contributed by atoms with van der Waals surface area (Å²) in [6.45, 7) is 105. The van der Waals surface area contributed by atoms with Crippen LogP contribution in [0.25, 0.3) is 0 Å². The number of likely N-dealkylation sites (tertiary alicyclic amines) is 3. The second-order valence-corrected chi connectivity index (χ2v) is 49.1. The van der Waals surface area contributed by atoms with Gasteiger partial charge in [0, 0.05) is 36.3 Å². The molecular formula is C109H223N3O2. The first-order valence-corrected chi connectivity index (χ1v) is 50.9. The second kappa shape index (κ2) is 56.6. The summed E-state index contributed by atoms with van der Waals surface area (Å²) in [7, 11) is 0. The maximum atomic E-state index is 4.92. The van der Waals surface area contributed by atoms with Crippen LogP contribution in [0.2, 0.25) is 0 Å². The molecule has 3 unspecified atom stereocenters. The van der Waals surface area contributed by atoms with E-state index in [0.717, 1.165) is 124 Å². The lowest BCUT2D eigenvalue weighted by Crippen LogP contribution is -2.49. The van der Waals surface area contributed by atoms with Crippen molar-refractivity contribution in [1.29, 1.82) is 0 Å². The molecule has 5 saturated heterocycles. The summed E-state index contributed by atoms with van der Waals surface area (Å²) >= 11 is 0. The van der Waals surface area contributed by atoms with Crippen LogP contribution in [0.15, 0.2) is 0 Å². The van der Waals surface area contributed by atoms with E-state index >= 15 is 0 Å². The molecule has 686 valence electrons. The van der Waals surface area contributed by atoms with Crippen LogP contribution < -0.4 is 0 Å². The Morgan fingerprint density at radius 1 is 0.219 bits per heavy atom. The smallest absolute Gasteiger partial charge is 0.0811 e. The standard InChI is InChI=1S/C13H27N.C11H22.2C9H19N.C9H18.2C8H16.2C7H14.2C6H12.C5H10.2C4H8O.C3H8/c1-12(2,3)11-8-7-9-14(10-11)13(4,5)6;1-9-6-5-7-10(8-9)11(2,3)4;2*1-8-5-6-10(7-8)9(2,3)4;1-7-5-6-8(7)9(2,3)4;1-7-4-3-5-8(2)6-7;1-7-5-3-4-6-8(7)2;2*1-6-4-3-5-7(6)2;2*1-5-3-4-6(5)2;1-4-3-5(4)2;2*1-3-4(2)5-3;1-3-2/h11H,7-10H2,1-6H3;9-10H,5-8H2,1-4H3;2*8H,5-7H2,1-4H3;7-8H,5-6H2,1-4H3;2*7-8H,3-6H2,1-2H3;2*6-7H,3-5H2,1-2H3;2*5-6H,3-4H2,1-2H3;4-5H,3H2,1-2H3;2*3-4H,1-2H3;3H2,1-2H3/t;9-,10?;2*8-;7-,8?;2*7-,8+;2*6-,7+;5-,6+;5-,6-;4-,5-;2*3-,4+;/m.0101.....11.../s1. The lowest BCUT2D eigenvalue weighted by molar-refractivity contribution is 0.0388. The van der Waals surface area contributed by atoms with Gasteiger partial charge in [0.15, 0.2) is 0 Å². The van der Waals surface area contributed by atoms with Gasteiger partial charge in [-0.25, -0.2) is 0 Å². The average molecular weight is 1610 g/mol. The third kappa shape index (κ3) is 53.7. The Morgan fingerprint density at radius 3 is 0.605 bits per heavy atom. The van der Waals surface area contributed by atoms with Gasteiger partial charge in [0.2, 0.25) is 0 Å². The van der Waals surface area contributed by atoms with Crippen LogP contribution in [0.5, 0.6) is 0 Å². The highest BCUT2D eigenvalue weighted by molar-refractivity contribution is 4.90. The minimum absolute atomic E-state index is 0.351. The van der Waals surface area contributed by atoms with Crippen molar-refractivity contribution in [3.63, 3.8) is 0 Å². The highest BCUT2D eigenvalue weighted by atomic mass is 16.6.